The van der Waals surface area contributed by atoms with Crippen molar-refractivity contribution in [1.29, 1.82) is 0 Å². The van der Waals surface area contributed by atoms with Gasteiger partial charge in [-0.15, -0.1) is 0 Å². The van der Waals surface area contributed by atoms with Gasteiger partial charge >= 0.3 is 0 Å². The Labute approximate surface area is 87.6 Å². The molecule has 0 fully saturated rings. The van der Waals surface area contributed by atoms with Crippen molar-refractivity contribution in [2.24, 2.45) is 0 Å². The summed E-state index contributed by atoms with van der Waals surface area (Å²) in [4.78, 5) is 3.26. The fourth-order valence-electron chi connectivity index (χ4n) is 1.22. The van der Waals surface area contributed by atoms with Crippen molar-refractivity contribution in [3.05, 3.63) is 36.0 Å². The van der Waals surface area contributed by atoms with Gasteiger partial charge in [-0.1, -0.05) is 44.9 Å². The van der Waals surface area contributed by atoms with Gasteiger partial charge in [0.2, 0.25) is 0 Å². The fraction of sp³-hybridized carbons (Fsp3) is 0.385. The van der Waals surface area contributed by atoms with Crippen molar-refractivity contribution in [2.75, 3.05) is 0 Å². The van der Waals surface area contributed by atoms with Crippen LogP contribution in [0.4, 0.5) is 0 Å². The lowest BCUT2D eigenvalue weighted by molar-refractivity contribution is 0.886. The van der Waals surface area contributed by atoms with Gasteiger partial charge in [0.25, 0.3) is 0 Å². The van der Waals surface area contributed by atoms with Crippen LogP contribution in [0.1, 0.15) is 33.8 Å². The summed E-state index contributed by atoms with van der Waals surface area (Å²) in [5, 5.41) is 1.29. The Kier molecular flexibility index (Phi) is 4.24. The van der Waals surface area contributed by atoms with E-state index in [1.807, 2.05) is 6.07 Å². The maximum atomic E-state index is 3.26. The van der Waals surface area contributed by atoms with E-state index in [0.29, 0.717) is 0 Å². The maximum Gasteiger partial charge on any atom is 0.0455 e. The summed E-state index contributed by atoms with van der Waals surface area (Å²) in [5.74, 6) is 0. The monoisotopic (exact) mass is 191 g/mol. The van der Waals surface area contributed by atoms with E-state index in [1.165, 1.54) is 29.4 Å². The molecule has 78 valence electrons. The van der Waals surface area contributed by atoms with Crippen LogP contribution in [0, 0.1) is 6.92 Å². The minimum atomic E-state index is 0. The van der Waals surface area contributed by atoms with Crippen molar-refractivity contribution < 1.29 is 1.43 Å². The Morgan fingerprint density at radius 2 is 1.79 bits per heavy atom. The first-order chi connectivity index (χ1) is 6.77. The van der Waals surface area contributed by atoms with E-state index in [4.69, 9.17) is 0 Å². The van der Waals surface area contributed by atoms with Gasteiger partial charge in [-0.05, 0) is 24.4 Å². The zero-order valence-corrected chi connectivity index (χ0v) is 9.30. The van der Waals surface area contributed by atoms with Crippen LogP contribution in [0.3, 0.4) is 0 Å². The third-order valence-corrected chi connectivity index (χ3v) is 2.16. The number of rotatable bonds is 1. The third kappa shape index (κ3) is 2.91. The first kappa shape index (κ1) is 10.8. The van der Waals surface area contributed by atoms with Crippen molar-refractivity contribution in [3.63, 3.8) is 0 Å². The van der Waals surface area contributed by atoms with Gasteiger partial charge < -0.3 is 4.98 Å². The molecule has 0 spiro atoms. The number of aromatic amines is 1. The van der Waals surface area contributed by atoms with Crippen molar-refractivity contribution in [1.82, 2.24) is 4.98 Å². The second-order valence-electron chi connectivity index (χ2n) is 3.54. The predicted octanol–water partition coefficient (Wildman–Crippen LogP) is 4.53. The smallest absolute Gasteiger partial charge is 0.0455 e. The second kappa shape index (κ2) is 5.48. The molecule has 1 aromatic heterocycles. The number of benzene rings is 1. The Balaban J connectivity index is 0.000000346. The highest BCUT2D eigenvalue weighted by Crippen LogP contribution is 2.12. The number of fused-ring (bicyclic) bond motifs is 1. The average Bonchev–Trinajstić information content (AvgIpc) is 2.58. The average molecular weight is 191 g/mol. The number of hydrogen-bond acceptors (Lipinski definition) is 0. The topological polar surface area (TPSA) is 15.8 Å². The summed E-state index contributed by atoms with van der Waals surface area (Å²) in [7, 11) is 0. The Morgan fingerprint density at radius 1 is 1.14 bits per heavy atom. The molecular weight excluding hydrogens is 170 g/mol. The zero-order valence-electron chi connectivity index (χ0n) is 9.30. The van der Waals surface area contributed by atoms with Gasteiger partial charge in [0.1, 0.15) is 0 Å². The highest BCUT2D eigenvalue weighted by molar-refractivity contribution is 5.79. The highest BCUT2D eigenvalue weighted by Gasteiger charge is 1.92. The van der Waals surface area contributed by atoms with Crippen LogP contribution >= 0.6 is 0 Å². The molecule has 0 amide bonds. The zero-order chi connectivity index (χ0) is 10.4. The Morgan fingerprint density at radius 3 is 2.36 bits per heavy atom. The minimum absolute atomic E-state index is 0. The number of unbranched alkanes of at least 4 members (excludes halogenated alkanes) is 1. The molecule has 0 bridgehead atoms. The summed E-state index contributed by atoms with van der Waals surface area (Å²) >= 11 is 0. The summed E-state index contributed by atoms with van der Waals surface area (Å²) in [5.41, 5.74) is 2.45. The van der Waals surface area contributed by atoms with E-state index >= 15 is 0 Å². The first-order valence-electron chi connectivity index (χ1n) is 5.32. The molecule has 2 rings (SSSR count). The molecule has 0 radical (unpaired) electrons. The largest absolute Gasteiger partial charge is 0.359 e. The summed E-state index contributed by atoms with van der Waals surface area (Å²) < 4.78 is 0. The highest BCUT2D eigenvalue weighted by atomic mass is 14.7. The van der Waals surface area contributed by atoms with E-state index in [1.54, 1.807) is 0 Å². The molecule has 0 aliphatic rings. The van der Waals surface area contributed by atoms with Gasteiger partial charge in [-0.25, -0.2) is 0 Å². The summed E-state index contributed by atoms with van der Waals surface area (Å²) in [6.45, 7) is 6.43. The molecule has 1 heterocycles. The molecule has 1 nitrogen and oxygen atoms in total. The molecule has 0 saturated heterocycles. The lowest BCUT2D eigenvalue weighted by atomic mass is 10.2. The number of aryl methyl sites for hydroxylation is 1. The third-order valence-electron chi connectivity index (χ3n) is 2.16. The number of aromatic nitrogens is 1. The van der Waals surface area contributed by atoms with E-state index in [-0.39, 0.29) is 1.43 Å². The molecule has 1 heteroatoms. The van der Waals surface area contributed by atoms with Gasteiger partial charge in [-0.2, -0.15) is 0 Å². The molecule has 0 aliphatic carbocycles. The molecule has 1 aromatic carbocycles. The van der Waals surface area contributed by atoms with Gasteiger partial charge in [0.15, 0.2) is 0 Å². The van der Waals surface area contributed by atoms with Gasteiger partial charge in [0.05, 0.1) is 0 Å². The number of hydrogen-bond donors (Lipinski definition) is 1. The van der Waals surface area contributed by atoms with Crippen LogP contribution in [-0.4, -0.2) is 4.98 Å². The SMILES string of the molecule is CCCC.Cc1cc2ccccc2[nH]1.[HH]. The minimum Gasteiger partial charge on any atom is -0.359 e. The molecule has 0 unspecified atom stereocenters. The second-order valence-corrected chi connectivity index (χ2v) is 3.54. The summed E-state index contributed by atoms with van der Waals surface area (Å²) in [6.07, 6.45) is 2.64. The number of nitrogens with one attached hydrogen (secondary N) is 1. The maximum absolute atomic E-state index is 3.26. The fourth-order valence-corrected chi connectivity index (χ4v) is 1.22. The van der Waals surface area contributed by atoms with Gasteiger partial charge in [0, 0.05) is 12.6 Å². The van der Waals surface area contributed by atoms with Crippen LogP contribution < -0.4 is 0 Å². The predicted molar refractivity (Wildman–Crippen MR) is 65.7 cm³/mol. The Hall–Kier alpha value is -1.24. The van der Waals surface area contributed by atoms with Crippen LogP contribution in [0.15, 0.2) is 30.3 Å². The number of para-hydroxylation sites is 1. The van der Waals surface area contributed by atoms with E-state index in [2.05, 4.69) is 50.0 Å². The van der Waals surface area contributed by atoms with Crippen LogP contribution in [0.25, 0.3) is 10.9 Å². The lowest BCUT2D eigenvalue weighted by Crippen LogP contribution is -1.65. The molecular formula is C13H21N. The molecule has 0 atom stereocenters. The van der Waals surface area contributed by atoms with Gasteiger partial charge in [-0.3, -0.25) is 0 Å². The number of H-pyrrole nitrogens is 1. The summed E-state index contributed by atoms with van der Waals surface area (Å²) in [6, 6.07) is 10.4. The van der Waals surface area contributed by atoms with E-state index in [9.17, 15) is 0 Å². The molecule has 0 saturated carbocycles. The first-order valence-corrected chi connectivity index (χ1v) is 5.32. The van der Waals surface area contributed by atoms with Crippen LogP contribution in [-0.2, 0) is 0 Å². The molecule has 14 heavy (non-hydrogen) atoms. The standard InChI is InChI=1S/C9H9N.C4H10.H2/c1-7-6-8-4-2-3-5-9(8)10-7;1-3-4-2;/h2-6,10H,1H3;3-4H2,1-2H3;1H. The molecule has 0 aliphatic heterocycles. The van der Waals surface area contributed by atoms with Crippen molar-refractivity contribution in [2.45, 2.75) is 33.6 Å². The quantitative estimate of drug-likeness (QED) is 0.681. The van der Waals surface area contributed by atoms with Crippen LogP contribution in [0.5, 0.6) is 0 Å². The van der Waals surface area contributed by atoms with E-state index in [0.717, 1.165) is 0 Å². The van der Waals surface area contributed by atoms with Crippen LogP contribution in [0.2, 0.25) is 0 Å². The van der Waals surface area contributed by atoms with E-state index < -0.39 is 0 Å². The normalized spacial score (nSPS) is 9.64. The van der Waals surface area contributed by atoms with Crippen molar-refractivity contribution in [3.8, 4) is 0 Å². The van der Waals surface area contributed by atoms with Crippen molar-refractivity contribution >= 4 is 10.9 Å². The molecule has 2 aromatic rings. The Bertz CT molecular complexity index is 344. The molecule has 1 N–H and O–H groups in total. The lowest BCUT2D eigenvalue weighted by Gasteiger charge is -1.83.